The monoisotopic (exact) mass is 468 g/mol. The van der Waals surface area contributed by atoms with Crippen molar-refractivity contribution in [3.8, 4) is 0 Å². The third kappa shape index (κ3) is 5.90. The zero-order chi connectivity index (χ0) is 25.0. The summed E-state index contributed by atoms with van der Waals surface area (Å²) >= 11 is 0. The Morgan fingerprint density at radius 1 is 0.886 bits per heavy atom. The minimum absolute atomic E-state index is 0.0322. The van der Waals surface area contributed by atoms with E-state index in [0.717, 1.165) is 28.5 Å². The fourth-order valence-corrected chi connectivity index (χ4v) is 4.59. The summed E-state index contributed by atoms with van der Waals surface area (Å²) in [5.74, 6) is 0. The average molecular weight is 469 g/mol. The molecule has 4 rings (SSSR count). The molecule has 4 heteroatoms. The summed E-state index contributed by atoms with van der Waals surface area (Å²) in [5, 5.41) is 11.5. The smallest absolute Gasteiger partial charge is 0.252 e. The van der Waals surface area contributed by atoms with Crippen LogP contribution in [0.25, 0.3) is 10.9 Å². The molecule has 0 bridgehead atoms. The highest BCUT2D eigenvalue weighted by Crippen LogP contribution is 2.27. The summed E-state index contributed by atoms with van der Waals surface area (Å²) in [4.78, 5) is 18.3. The van der Waals surface area contributed by atoms with Crippen molar-refractivity contribution in [2.75, 3.05) is 6.61 Å². The van der Waals surface area contributed by atoms with E-state index in [-0.39, 0.29) is 23.6 Å². The Kier molecular flexibility index (Phi) is 7.54. The first-order chi connectivity index (χ1) is 16.8. The standard InChI is InChI=1S/C31H36N2O2/c1-5-22-13-16-28-25(17-22)18-26(30(35)32-28)20-33(29(21-34)24-9-7-6-8-10-24)19-23-11-14-27(15-12-23)31(2,3)4/h6-18,29,34H,5,19-21H2,1-4H3,(H,32,35)/t29-/m1/s1. The molecule has 0 aliphatic rings. The van der Waals surface area contributed by atoms with E-state index in [2.05, 4.69) is 74.0 Å². The first kappa shape index (κ1) is 24.9. The number of fused-ring (bicyclic) bond motifs is 1. The van der Waals surface area contributed by atoms with Crippen molar-refractivity contribution in [3.05, 3.63) is 117 Å². The molecule has 0 saturated carbocycles. The lowest BCUT2D eigenvalue weighted by Gasteiger charge is -2.31. The van der Waals surface area contributed by atoms with Gasteiger partial charge in [0.2, 0.25) is 0 Å². The molecular weight excluding hydrogens is 432 g/mol. The highest BCUT2D eigenvalue weighted by molar-refractivity contribution is 5.79. The number of aromatic amines is 1. The molecule has 3 aromatic carbocycles. The minimum Gasteiger partial charge on any atom is -0.394 e. The largest absolute Gasteiger partial charge is 0.394 e. The second-order valence-corrected chi connectivity index (χ2v) is 10.4. The number of hydrogen-bond acceptors (Lipinski definition) is 3. The Morgan fingerprint density at radius 2 is 1.57 bits per heavy atom. The molecule has 0 unspecified atom stereocenters. The molecule has 0 fully saturated rings. The Labute approximate surface area is 208 Å². The lowest BCUT2D eigenvalue weighted by atomic mass is 9.86. The molecule has 1 aromatic heterocycles. The van der Waals surface area contributed by atoms with Gasteiger partial charge in [0.05, 0.1) is 12.6 Å². The van der Waals surface area contributed by atoms with Crippen LogP contribution in [-0.2, 0) is 24.9 Å². The molecule has 0 aliphatic carbocycles. The lowest BCUT2D eigenvalue weighted by molar-refractivity contribution is 0.109. The number of aromatic nitrogens is 1. The summed E-state index contributed by atoms with van der Waals surface area (Å²) in [6, 6.07) is 26.7. The van der Waals surface area contributed by atoms with Gasteiger partial charge in [0.15, 0.2) is 0 Å². The molecule has 2 N–H and O–H groups in total. The maximum absolute atomic E-state index is 13.0. The summed E-state index contributed by atoms with van der Waals surface area (Å²) in [7, 11) is 0. The van der Waals surface area contributed by atoms with Crippen LogP contribution in [0.1, 0.15) is 61.6 Å². The van der Waals surface area contributed by atoms with Gasteiger partial charge in [-0.15, -0.1) is 0 Å². The van der Waals surface area contributed by atoms with Gasteiger partial charge < -0.3 is 10.1 Å². The quantitative estimate of drug-likeness (QED) is 0.327. The van der Waals surface area contributed by atoms with Crippen LogP contribution in [0, 0.1) is 0 Å². The molecule has 4 aromatic rings. The van der Waals surface area contributed by atoms with Gasteiger partial charge in [-0.2, -0.15) is 0 Å². The highest BCUT2D eigenvalue weighted by Gasteiger charge is 2.22. The predicted octanol–water partition coefficient (Wildman–Crippen LogP) is 6.12. The Bertz CT molecular complexity index is 1320. The topological polar surface area (TPSA) is 56.3 Å². The SMILES string of the molecule is CCc1ccc2[nH]c(=O)c(CN(Cc3ccc(C(C)(C)C)cc3)[C@H](CO)c3ccccc3)cc2c1. The fourth-order valence-electron chi connectivity index (χ4n) is 4.59. The number of benzene rings is 3. The number of nitrogens with one attached hydrogen (secondary N) is 1. The molecule has 35 heavy (non-hydrogen) atoms. The van der Waals surface area contributed by atoms with Crippen molar-refractivity contribution in [1.29, 1.82) is 0 Å². The molecule has 0 amide bonds. The summed E-state index contributed by atoms with van der Waals surface area (Å²) in [6.07, 6.45) is 0.946. The predicted molar refractivity (Wildman–Crippen MR) is 145 cm³/mol. The molecule has 4 nitrogen and oxygen atoms in total. The van der Waals surface area contributed by atoms with Crippen molar-refractivity contribution in [3.63, 3.8) is 0 Å². The molecule has 1 atom stereocenters. The normalized spacial score (nSPS) is 12.9. The van der Waals surface area contributed by atoms with Gasteiger partial charge in [0, 0.05) is 24.2 Å². The third-order valence-electron chi connectivity index (χ3n) is 6.77. The van der Waals surface area contributed by atoms with Gasteiger partial charge in [0.25, 0.3) is 5.56 Å². The van der Waals surface area contributed by atoms with Gasteiger partial charge in [-0.05, 0) is 57.7 Å². The molecule has 182 valence electrons. The zero-order valence-electron chi connectivity index (χ0n) is 21.2. The van der Waals surface area contributed by atoms with Crippen LogP contribution in [0.15, 0.2) is 83.7 Å². The molecule has 0 saturated heterocycles. The number of nitrogens with zero attached hydrogens (tertiary/aromatic N) is 1. The fraction of sp³-hybridized carbons (Fsp3) is 0.323. The maximum atomic E-state index is 13.0. The molecule has 0 aliphatic heterocycles. The number of rotatable bonds is 8. The van der Waals surface area contributed by atoms with Crippen molar-refractivity contribution in [1.82, 2.24) is 9.88 Å². The summed E-state index contributed by atoms with van der Waals surface area (Å²) in [5.41, 5.74) is 6.26. The number of aryl methyl sites for hydroxylation is 1. The number of H-pyrrole nitrogens is 1. The van der Waals surface area contributed by atoms with Crippen molar-refractivity contribution in [2.24, 2.45) is 0 Å². The summed E-state index contributed by atoms with van der Waals surface area (Å²) < 4.78 is 0. The maximum Gasteiger partial charge on any atom is 0.252 e. The van der Waals surface area contributed by atoms with Crippen molar-refractivity contribution >= 4 is 10.9 Å². The van der Waals surface area contributed by atoms with E-state index < -0.39 is 0 Å². The van der Waals surface area contributed by atoms with Crippen molar-refractivity contribution < 1.29 is 5.11 Å². The van der Waals surface area contributed by atoms with Gasteiger partial charge in [-0.3, -0.25) is 9.69 Å². The first-order valence-electron chi connectivity index (χ1n) is 12.4. The van der Waals surface area contributed by atoms with E-state index in [0.29, 0.717) is 18.7 Å². The van der Waals surface area contributed by atoms with Gasteiger partial charge in [0.1, 0.15) is 0 Å². The number of pyridine rings is 1. The van der Waals surface area contributed by atoms with Gasteiger partial charge in [-0.25, -0.2) is 0 Å². The van der Waals surface area contributed by atoms with Crippen LogP contribution in [0.3, 0.4) is 0 Å². The van der Waals surface area contributed by atoms with Crippen LogP contribution in [0.2, 0.25) is 0 Å². The minimum atomic E-state index is -0.226. The second kappa shape index (κ2) is 10.6. The molecule has 0 spiro atoms. The van der Waals surface area contributed by atoms with Crippen LogP contribution >= 0.6 is 0 Å². The van der Waals surface area contributed by atoms with Crippen LogP contribution in [-0.4, -0.2) is 21.6 Å². The molecule has 0 radical (unpaired) electrons. The third-order valence-corrected chi connectivity index (χ3v) is 6.77. The Balaban J connectivity index is 1.71. The summed E-state index contributed by atoms with van der Waals surface area (Å²) in [6.45, 7) is 9.78. The van der Waals surface area contributed by atoms with Crippen LogP contribution < -0.4 is 5.56 Å². The second-order valence-electron chi connectivity index (χ2n) is 10.4. The van der Waals surface area contributed by atoms with E-state index in [1.54, 1.807) is 0 Å². The van der Waals surface area contributed by atoms with Crippen LogP contribution in [0.4, 0.5) is 0 Å². The zero-order valence-corrected chi connectivity index (χ0v) is 21.2. The number of aliphatic hydroxyl groups excluding tert-OH is 1. The van der Waals surface area contributed by atoms with Gasteiger partial charge >= 0.3 is 0 Å². The average Bonchev–Trinajstić information content (AvgIpc) is 2.85. The lowest BCUT2D eigenvalue weighted by Crippen LogP contribution is -2.32. The van der Waals surface area contributed by atoms with Gasteiger partial charge in [-0.1, -0.05) is 88.4 Å². The first-order valence-corrected chi connectivity index (χ1v) is 12.4. The molecule has 1 heterocycles. The Morgan fingerprint density at radius 3 is 2.20 bits per heavy atom. The van der Waals surface area contributed by atoms with E-state index in [1.165, 1.54) is 11.1 Å². The number of hydrogen-bond donors (Lipinski definition) is 2. The van der Waals surface area contributed by atoms with E-state index in [1.807, 2.05) is 42.5 Å². The van der Waals surface area contributed by atoms with E-state index in [9.17, 15) is 9.90 Å². The van der Waals surface area contributed by atoms with E-state index >= 15 is 0 Å². The van der Waals surface area contributed by atoms with Crippen molar-refractivity contribution in [2.45, 2.75) is 58.7 Å². The Hall–Kier alpha value is -3.21. The van der Waals surface area contributed by atoms with E-state index in [4.69, 9.17) is 0 Å². The van der Waals surface area contributed by atoms with Crippen LogP contribution in [0.5, 0.6) is 0 Å². The highest BCUT2D eigenvalue weighted by atomic mass is 16.3. The molecular formula is C31H36N2O2. The number of aliphatic hydroxyl groups is 1.